The van der Waals surface area contributed by atoms with Crippen LogP contribution >= 0.6 is 11.8 Å². The molecule has 0 heterocycles. The lowest BCUT2D eigenvalue weighted by Crippen LogP contribution is -2.19. The number of aliphatic carboxylic acids is 2. The summed E-state index contributed by atoms with van der Waals surface area (Å²) in [6, 6.07) is 0. The van der Waals surface area contributed by atoms with E-state index in [0.717, 1.165) is 0 Å². The molecule has 0 radical (unpaired) electrons. The summed E-state index contributed by atoms with van der Waals surface area (Å²) in [5.74, 6) is -1.19. The van der Waals surface area contributed by atoms with Crippen LogP contribution in [0.4, 0.5) is 0 Å². The van der Waals surface area contributed by atoms with Crippen molar-refractivity contribution in [3.8, 4) is 0 Å². The Labute approximate surface area is 87.1 Å². The summed E-state index contributed by atoms with van der Waals surface area (Å²) in [4.78, 5) is 19.3. The van der Waals surface area contributed by atoms with E-state index in [2.05, 4.69) is 0 Å². The average Bonchev–Trinajstić information content (AvgIpc) is 2.14. The molecule has 0 bridgehead atoms. The van der Waals surface area contributed by atoms with Crippen LogP contribution in [0, 0.1) is 0 Å². The Balaban J connectivity index is 0. The number of hydrogen-bond acceptors (Lipinski definition) is 4. The number of carboxylic acid groups (broad SMARTS) is 2. The van der Waals surface area contributed by atoms with Gasteiger partial charge in [0.1, 0.15) is 0 Å². The monoisotopic (exact) mass is 224 g/mol. The quantitative estimate of drug-likeness (QED) is 0.635. The van der Waals surface area contributed by atoms with Gasteiger partial charge in [-0.2, -0.15) is 11.8 Å². The molecule has 0 aliphatic carbocycles. The predicted molar refractivity (Wildman–Crippen MR) is 54.6 cm³/mol. The molecule has 0 rings (SSSR count). The second kappa shape index (κ2) is 10.3. The minimum atomic E-state index is -1.18. The van der Waals surface area contributed by atoms with Crippen LogP contribution in [-0.4, -0.2) is 45.4 Å². The molecular formula is C8H16O5S. The number of carboxylic acids is 2. The Bertz CT molecular complexity index is 171. The number of hydrogen-bond donors (Lipinski definition) is 3. The molecule has 0 saturated carbocycles. The first-order valence-electron chi connectivity index (χ1n) is 4.07. The molecule has 0 saturated heterocycles. The van der Waals surface area contributed by atoms with Crippen molar-refractivity contribution in [1.82, 2.24) is 0 Å². The Morgan fingerprint density at radius 3 is 2.00 bits per heavy atom. The first-order chi connectivity index (χ1) is 6.45. The standard InChI is InChI=1S/C5H10O3S.C3H6O2/c1-9-3-2-4(6)5(7)8;1-2-3(4)5/h4,6H,2-3H2,1H3,(H,7,8);2H2,1H3,(H,4,5). The van der Waals surface area contributed by atoms with E-state index in [1.807, 2.05) is 6.26 Å². The van der Waals surface area contributed by atoms with Crippen LogP contribution in [-0.2, 0) is 9.59 Å². The van der Waals surface area contributed by atoms with Gasteiger partial charge in [-0.1, -0.05) is 6.92 Å². The second-order valence-corrected chi connectivity index (χ2v) is 3.37. The summed E-state index contributed by atoms with van der Waals surface area (Å²) < 4.78 is 0. The molecule has 0 spiro atoms. The third-order valence-electron chi connectivity index (χ3n) is 1.18. The molecule has 5 nitrogen and oxygen atoms in total. The van der Waals surface area contributed by atoms with Gasteiger partial charge in [-0.25, -0.2) is 4.79 Å². The van der Waals surface area contributed by atoms with Crippen molar-refractivity contribution >= 4 is 23.7 Å². The third-order valence-corrected chi connectivity index (χ3v) is 1.83. The molecule has 1 atom stereocenters. The van der Waals surface area contributed by atoms with Gasteiger partial charge in [-0.15, -0.1) is 0 Å². The minimum Gasteiger partial charge on any atom is -0.481 e. The van der Waals surface area contributed by atoms with Crippen LogP contribution < -0.4 is 0 Å². The summed E-state index contributed by atoms with van der Waals surface area (Å²) in [5.41, 5.74) is 0. The Morgan fingerprint density at radius 1 is 1.36 bits per heavy atom. The van der Waals surface area contributed by atoms with Gasteiger partial charge in [0, 0.05) is 6.42 Å². The van der Waals surface area contributed by atoms with Gasteiger partial charge in [0.05, 0.1) is 0 Å². The molecule has 0 amide bonds. The molecule has 6 heteroatoms. The van der Waals surface area contributed by atoms with E-state index in [0.29, 0.717) is 12.2 Å². The van der Waals surface area contributed by atoms with E-state index in [1.165, 1.54) is 11.8 Å². The van der Waals surface area contributed by atoms with Crippen LogP contribution in [0.15, 0.2) is 0 Å². The Kier molecular flexibility index (Phi) is 11.6. The molecule has 0 aromatic rings. The maximum atomic E-state index is 9.95. The van der Waals surface area contributed by atoms with Crippen LogP contribution in [0.5, 0.6) is 0 Å². The van der Waals surface area contributed by atoms with Crippen molar-refractivity contribution in [3.63, 3.8) is 0 Å². The third kappa shape index (κ3) is 13.8. The number of carbonyl (C=O) groups is 2. The zero-order valence-corrected chi connectivity index (χ0v) is 9.08. The second-order valence-electron chi connectivity index (χ2n) is 2.38. The largest absolute Gasteiger partial charge is 0.481 e. The molecule has 0 aliphatic rings. The molecule has 3 N–H and O–H groups in total. The van der Waals surface area contributed by atoms with E-state index >= 15 is 0 Å². The molecule has 0 aromatic heterocycles. The smallest absolute Gasteiger partial charge is 0.332 e. The van der Waals surface area contributed by atoms with Gasteiger partial charge in [-0.05, 0) is 18.4 Å². The van der Waals surface area contributed by atoms with Gasteiger partial charge >= 0.3 is 11.9 Å². The summed E-state index contributed by atoms with van der Waals surface area (Å²) in [6.07, 6.45) is 1.24. The number of aliphatic hydroxyl groups excluding tert-OH is 1. The minimum absolute atomic E-state index is 0.222. The van der Waals surface area contributed by atoms with E-state index in [9.17, 15) is 9.59 Å². The highest BCUT2D eigenvalue weighted by molar-refractivity contribution is 7.98. The zero-order valence-electron chi connectivity index (χ0n) is 8.27. The van der Waals surface area contributed by atoms with Crippen molar-refractivity contribution < 1.29 is 24.9 Å². The van der Waals surface area contributed by atoms with Crippen LogP contribution in [0.2, 0.25) is 0 Å². The van der Waals surface area contributed by atoms with Crippen LogP contribution in [0.1, 0.15) is 19.8 Å². The van der Waals surface area contributed by atoms with Crippen molar-refractivity contribution in [2.75, 3.05) is 12.0 Å². The van der Waals surface area contributed by atoms with Gasteiger partial charge in [-0.3, -0.25) is 4.79 Å². The highest BCUT2D eigenvalue weighted by atomic mass is 32.2. The Morgan fingerprint density at radius 2 is 1.79 bits per heavy atom. The fraction of sp³-hybridized carbons (Fsp3) is 0.750. The first-order valence-corrected chi connectivity index (χ1v) is 5.46. The predicted octanol–water partition coefficient (Wildman–Crippen LogP) is 0.666. The normalized spacial score (nSPS) is 11.1. The molecule has 84 valence electrons. The molecule has 0 aromatic carbocycles. The lowest BCUT2D eigenvalue weighted by Gasteiger charge is -2.01. The molecule has 0 aliphatic heterocycles. The fourth-order valence-electron chi connectivity index (χ4n) is 0.353. The van der Waals surface area contributed by atoms with Gasteiger partial charge < -0.3 is 15.3 Å². The van der Waals surface area contributed by atoms with Gasteiger partial charge in [0.25, 0.3) is 0 Å². The van der Waals surface area contributed by atoms with Gasteiger partial charge in [0.15, 0.2) is 6.10 Å². The van der Waals surface area contributed by atoms with Crippen molar-refractivity contribution in [2.45, 2.75) is 25.9 Å². The summed E-state index contributed by atoms with van der Waals surface area (Å²) in [7, 11) is 0. The number of rotatable bonds is 5. The van der Waals surface area contributed by atoms with Crippen molar-refractivity contribution in [2.24, 2.45) is 0 Å². The molecule has 0 fully saturated rings. The average molecular weight is 224 g/mol. The van der Waals surface area contributed by atoms with Crippen molar-refractivity contribution in [1.29, 1.82) is 0 Å². The highest BCUT2D eigenvalue weighted by Gasteiger charge is 2.10. The lowest BCUT2D eigenvalue weighted by atomic mass is 10.3. The van der Waals surface area contributed by atoms with Crippen LogP contribution in [0.3, 0.4) is 0 Å². The SMILES string of the molecule is CCC(=O)O.CSCCC(O)C(=O)O. The molecule has 14 heavy (non-hydrogen) atoms. The summed E-state index contributed by atoms with van der Waals surface area (Å²) >= 11 is 1.52. The lowest BCUT2D eigenvalue weighted by molar-refractivity contribution is -0.146. The Hall–Kier alpha value is -0.750. The summed E-state index contributed by atoms with van der Waals surface area (Å²) in [6.45, 7) is 1.60. The fourth-order valence-corrected chi connectivity index (χ4v) is 0.812. The number of aliphatic hydroxyl groups is 1. The number of thioether (sulfide) groups is 1. The highest BCUT2D eigenvalue weighted by Crippen LogP contribution is 1.99. The van der Waals surface area contributed by atoms with Gasteiger partial charge in [0.2, 0.25) is 0 Å². The maximum Gasteiger partial charge on any atom is 0.332 e. The summed E-state index contributed by atoms with van der Waals surface area (Å²) in [5, 5.41) is 24.5. The molecular weight excluding hydrogens is 208 g/mol. The zero-order chi connectivity index (χ0) is 11.6. The van der Waals surface area contributed by atoms with E-state index in [1.54, 1.807) is 6.92 Å². The first kappa shape index (κ1) is 15.7. The van der Waals surface area contributed by atoms with Crippen LogP contribution in [0.25, 0.3) is 0 Å². The van der Waals surface area contributed by atoms with E-state index in [4.69, 9.17) is 15.3 Å². The topological polar surface area (TPSA) is 94.8 Å². The molecule has 1 unspecified atom stereocenters. The van der Waals surface area contributed by atoms with E-state index in [-0.39, 0.29) is 6.42 Å². The van der Waals surface area contributed by atoms with E-state index < -0.39 is 18.0 Å². The van der Waals surface area contributed by atoms with Crippen molar-refractivity contribution in [3.05, 3.63) is 0 Å². The maximum absolute atomic E-state index is 9.95.